The third kappa shape index (κ3) is 3.62. The first kappa shape index (κ1) is 18.9. The molecule has 26 heavy (non-hydrogen) atoms. The highest BCUT2D eigenvalue weighted by Gasteiger charge is 2.57. The largest absolute Gasteiger partial charge is 0.326 e. The molecule has 1 saturated carbocycles. The predicted octanol–water partition coefficient (Wildman–Crippen LogP) is 2.09. The Morgan fingerprint density at radius 2 is 1.73 bits per heavy atom. The van der Waals surface area contributed by atoms with Crippen LogP contribution < -0.4 is 10.6 Å². The number of halogens is 1. The molecule has 6 nitrogen and oxygen atoms in total. The van der Waals surface area contributed by atoms with E-state index in [1.165, 1.54) is 4.90 Å². The quantitative estimate of drug-likeness (QED) is 0.787. The summed E-state index contributed by atoms with van der Waals surface area (Å²) in [6.07, 6.45) is 3.79. The number of hydrogen-bond donors (Lipinski definition) is 2. The summed E-state index contributed by atoms with van der Waals surface area (Å²) in [5.41, 5.74) is 1.89. The maximum atomic E-state index is 12.5. The van der Waals surface area contributed by atoms with Crippen LogP contribution in [0, 0.1) is 11.3 Å². The Labute approximate surface area is 159 Å². The van der Waals surface area contributed by atoms with Crippen molar-refractivity contribution in [2.45, 2.75) is 38.6 Å². The molecule has 1 unspecified atom stereocenters. The molecule has 3 fully saturated rings. The Morgan fingerprint density at radius 1 is 1.12 bits per heavy atom. The van der Waals surface area contributed by atoms with Crippen LogP contribution in [0.3, 0.4) is 0 Å². The third-order valence-electron chi connectivity index (χ3n) is 5.82. The van der Waals surface area contributed by atoms with Gasteiger partial charge in [0.15, 0.2) is 0 Å². The van der Waals surface area contributed by atoms with Crippen LogP contribution in [-0.2, 0) is 20.9 Å². The minimum atomic E-state index is -0.108. The number of likely N-dealkylation sites (tertiary alicyclic amines) is 1. The van der Waals surface area contributed by atoms with Crippen LogP contribution >= 0.6 is 12.4 Å². The molecule has 2 N–H and O–H groups in total. The van der Waals surface area contributed by atoms with Crippen molar-refractivity contribution in [2.75, 3.05) is 18.4 Å². The van der Waals surface area contributed by atoms with Crippen LogP contribution in [0.15, 0.2) is 24.3 Å². The van der Waals surface area contributed by atoms with Crippen molar-refractivity contribution in [1.82, 2.24) is 10.2 Å². The van der Waals surface area contributed by atoms with Gasteiger partial charge >= 0.3 is 0 Å². The fourth-order valence-electron chi connectivity index (χ4n) is 4.10. The Hall–Kier alpha value is -1.92. The number of rotatable bonds is 4. The van der Waals surface area contributed by atoms with Gasteiger partial charge in [0.2, 0.25) is 17.7 Å². The second-order valence-corrected chi connectivity index (χ2v) is 7.43. The zero-order chi connectivity index (χ0) is 17.4. The highest BCUT2D eigenvalue weighted by molar-refractivity contribution is 6.01. The number of benzene rings is 1. The lowest BCUT2D eigenvalue weighted by Gasteiger charge is -2.23. The number of carbonyl (C=O) groups is 3. The molecule has 7 heteroatoms. The summed E-state index contributed by atoms with van der Waals surface area (Å²) in [5.74, 6) is 0.0282. The van der Waals surface area contributed by atoms with Gasteiger partial charge in [0.25, 0.3) is 0 Å². The van der Waals surface area contributed by atoms with Gasteiger partial charge in [-0.3, -0.25) is 19.3 Å². The van der Waals surface area contributed by atoms with Crippen molar-refractivity contribution < 1.29 is 14.4 Å². The predicted molar refractivity (Wildman–Crippen MR) is 99.8 cm³/mol. The molecule has 2 aliphatic heterocycles. The number of amides is 3. The fraction of sp³-hybridized carbons (Fsp3) is 0.526. The molecule has 3 aliphatic rings. The number of anilines is 1. The molecule has 1 aliphatic carbocycles. The van der Waals surface area contributed by atoms with Crippen LogP contribution in [0.5, 0.6) is 0 Å². The Morgan fingerprint density at radius 3 is 2.35 bits per heavy atom. The van der Waals surface area contributed by atoms with Gasteiger partial charge in [-0.2, -0.15) is 0 Å². The minimum Gasteiger partial charge on any atom is -0.326 e. The van der Waals surface area contributed by atoms with Gasteiger partial charge in [0.1, 0.15) is 0 Å². The molecule has 140 valence electrons. The summed E-state index contributed by atoms with van der Waals surface area (Å²) in [7, 11) is 0. The van der Waals surface area contributed by atoms with Crippen molar-refractivity contribution >= 4 is 35.8 Å². The van der Waals surface area contributed by atoms with Crippen molar-refractivity contribution in [2.24, 2.45) is 11.3 Å². The van der Waals surface area contributed by atoms with E-state index in [-0.39, 0.29) is 41.5 Å². The Balaban J connectivity index is 0.00000196. The molecule has 1 spiro atoms. The number of nitrogens with zero attached hydrogens (tertiary/aromatic N) is 1. The lowest BCUT2D eigenvalue weighted by Crippen LogP contribution is -2.31. The lowest BCUT2D eigenvalue weighted by molar-refractivity contribution is -0.139. The van der Waals surface area contributed by atoms with E-state index in [1.54, 1.807) is 0 Å². The standard InChI is InChI=1S/C19H23N3O3.ClH/c23-16-5-6-17(24)22(16)12-13-1-3-14(4-2-13)21-18(25)15-11-19(15)7-9-20-10-8-19;/h1-4,15,20H,5-12H2,(H,21,25);1H. The van der Waals surface area contributed by atoms with Crippen LogP contribution in [-0.4, -0.2) is 35.7 Å². The molecule has 3 amide bonds. The Bertz CT molecular complexity index is 697. The van der Waals surface area contributed by atoms with E-state index < -0.39 is 0 Å². The number of imide groups is 1. The summed E-state index contributed by atoms with van der Waals surface area (Å²) in [4.78, 5) is 37.1. The van der Waals surface area contributed by atoms with Gasteiger partial charge in [0, 0.05) is 24.4 Å². The molecular weight excluding hydrogens is 354 g/mol. The third-order valence-corrected chi connectivity index (χ3v) is 5.82. The smallest absolute Gasteiger partial charge is 0.229 e. The van der Waals surface area contributed by atoms with E-state index in [2.05, 4.69) is 10.6 Å². The Kier molecular flexibility index (Phi) is 5.34. The molecule has 2 saturated heterocycles. The molecule has 0 radical (unpaired) electrons. The maximum absolute atomic E-state index is 12.5. The molecule has 2 heterocycles. The van der Waals surface area contributed by atoms with Gasteiger partial charge < -0.3 is 10.6 Å². The molecule has 1 aromatic rings. The van der Waals surface area contributed by atoms with Crippen LogP contribution in [0.1, 0.15) is 37.7 Å². The lowest BCUT2D eigenvalue weighted by atomic mass is 9.92. The zero-order valence-corrected chi connectivity index (χ0v) is 15.4. The van der Waals surface area contributed by atoms with Gasteiger partial charge in [-0.25, -0.2) is 0 Å². The number of carbonyl (C=O) groups excluding carboxylic acids is 3. The highest BCUT2D eigenvalue weighted by Crippen LogP contribution is 2.58. The molecular formula is C19H24ClN3O3. The van der Waals surface area contributed by atoms with Crippen LogP contribution in [0.25, 0.3) is 0 Å². The van der Waals surface area contributed by atoms with Crippen LogP contribution in [0.2, 0.25) is 0 Å². The molecule has 0 bridgehead atoms. The van der Waals surface area contributed by atoms with Crippen LogP contribution in [0.4, 0.5) is 5.69 Å². The summed E-state index contributed by atoms with van der Waals surface area (Å²) < 4.78 is 0. The first-order chi connectivity index (χ1) is 12.1. The molecule has 1 aromatic carbocycles. The van der Waals surface area contributed by atoms with E-state index in [9.17, 15) is 14.4 Å². The van der Waals surface area contributed by atoms with E-state index in [1.807, 2.05) is 24.3 Å². The van der Waals surface area contributed by atoms with E-state index in [0.717, 1.165) is 43.6 Å². The van der Waals surface area contributed by atoms with E-state index in [0.29, 0.717) is 19.4 Å². The summed E-state index contributed by atoms with van der Waals surface area (Å²) in [6.45, 7) is 2.32. The number of hydrogen-bond acceptors (Lipinski definition) is 4. The minimum absolute atomic E-state index is 0. The SMILES string of the molecule is Cl.O=C(Nc1ccc(CN2C(=O)CCC2=O)cc1)C1CC12CCNCC2. The van der Waals surface area contributed by atoms with Gasteiger partial charge in [-0.1, -0.05) is 12.1 Å². The molecule has 1 atom stereocenters. The summed E-state index contributed by atoms with van der Waals surface area (Å²) >= 11 is 0. The fourth-order valence-corrected chi connectivity index (χ4v) is 4.10. The van der Waals surface area contributed by atoms with Crippen molar-refractivity contribution in [3.63, 3.8) is 0 Å². The number of piperidine rings is 1. The molecule has 0 aromatic heterocycles. The van der Waals surface area contributed by atoms with Gasteiger partial charge in [-0.05, 0) is 55.5 Å². The molecule has 4 rings (SSSR count). The number of nitrogens with one attached hydrogen (secondary N) is 2. The van der Waals surface area contributed by atoms with E-state index >= 15 is 0 Å². The average molecular weight is 378 g/mol. The normalized spacial score (nSPS) is 23.7. The first-order valence-electron chi connectivity index (χ1n) is 9.01. The summed E-state index contributed by atoms with van der Waals surface area (Å²) in [6, 6.07) is 7.41. The first-order valence-corrected chi connectivity index (χ1v) is 9.01. The van der Waals surface area contributed by atoms with Gasteiger partial charge in [-0.15, -0.1) is 12.4 Å². The summed E-state index contributed by atoms with van der Waals surface area (Å²) in [5, 5.41) is 6.35. The highest BCUT2D eigenvalue weighted by atomic mass is 35.5. The van der Waals surface area contributed by atoms with Crippen molar-refractivity contribution in [1.29, 1.82) is 0 Å². The van der Waals surface area contributed by atoms with Crippen molar-refractivity contribution in [3.8, 4) is 0 Å². The maximum Gasteiger partial charge on any atom is 0.229 e. The zero-order valence-electron chi connectivity index (χ0n) is 14.6. The monoisotopic (exact) mass is 377 g/mol. The average Bonchev–Trinajstić information content (AvgIpc) is 3.22. The second-order valence-electron chi connectivity index (χ2n) is 7.43. The second kappa shape index (κ2) is 7.37. The topological polar surface area (TPSA) is 78.5 Å². The van der Waals surface area contributed by atoms with E-state index in [4.69, 9.17) is 0 Å². The van der Waals surface area contributed by atoms with Gasteiger partial charge in [0.05, 0.1) is 6.54 Å². The van der Waals surface area contributed by atoms with Crippen molar-refractivity contribution in [3.05, 3.63) is 29.8 Å².